The van der Waals surface area contributed by atoms with Crippen molar-refractivity contribution in [3.63, 3.8) is 0 Å². The lowest BCUT2D eigenvalue weighted by Crippen LogP contribution is -2.57. The van der Waals surface area contributed by atoms with E-state index in [1.165, 1.54) is 16.4 Å². The molecule has 10 heteroatoms. The Morgan fingerprint density at radius 3 is 2.77 bits per heavy atom. The first-order valence-corrected chi connectivity index (χ1v) is 10.00. The minimum absolute atomic E-state index is 0.0218. The molecule has 0 bridgehead atoms. The summed E-state index contributed by atoms with van der Waals surface area (Å²) in [5.41, 5.74) is 0.203. The van der Waals surface area contributed by atoms with Crippen LogP contribution >= 0.6 is 0 Å². The number of piperidine rings is 1. The number of benzene rings is 1. The lowest BCUT2D eigenvalue weighted by atomic mass is 10.1. The van der Waals surface area contributed by atoms with Crippen LogP contribution in [0.5, 0.6) is 0 Å². The largest absolute Gasteiger partial charge is 0.336 e. The van der Waals surface area contributed by atoms with Gasteiger partial charge in [-0.2, -0.15) is 4.31 Å². The second-order valence-corrected chi connectivity index (χ2v) is 8.57. The van der Waals surface area contributed by atoms with E-state index in [4.69, 9.17) is 0 Å². The quantitative estimate of drug-likeness (QED) is 0.599. The number of nitrogens with one attached hydrogen (secondary N) is 1. The standard InChI is InChI=1S/C16H22N4O5S/c1-12-4-5-14(9-15(12)20(22)23)26(24,25)18-7-2-3-13(11-18)19-8-6-17-10-16(19)21/h4-5,9,13,17H,2-3,6-8,10-11H2,1H3. The van der Waals surface area contributed by atoms with Crippen LogP contribution in [0.2, 0.25) is 0 Å². The average Bonchev–Trinajstić information content (AvgIpc) is 2.62. The highest BCUT2D eigenvalue weighted by Crippen LogP contribution is 2.27. The molecule has 0 saturated carbocycles. The summed E-state index contributed by atoms with van der Waals surface area (Å²) in [6, 6.07) is 3.81. The van der Waals surface area contributed by atoms with Crippen molar-refractivity contribution in [3.05, 3.63) is 33.9 Å². The van der Waals surface area contributed by atoms with Crippen LogP contribution in [0.15, 0.2) is 23.1 Å². The van der Waals surface area contributed by atoms with Crippen LogP contribution in [0.25, 0.3) is 0 Å². The maximum Gasteiger partial charge on any atom is 0.273 e. The summed E-state index contributed by atoms with van der Waals surface area (Å²) >= 11 is 0. The Kier molecular flexibility index (Phi) is 5.26. The molecule has 2 aliphatic rings. The minimum Gasteiger partial charge on any atom is -0.336 e. The van der Waals surface area contributed by atoms with Crippen molar-refractivity contribution in [2.24, 2.45) is 0 Å². The summed E-state index contributed by atoms with van der Waals surface area (Å²) in [5, 5.41) is 14.1. The Morgan fingerprint density at radius 1 is 1.31 bits per heavy atom. The molecule has 2 aliphatic heterocycles. The third kappa shape index (κ3) is 3.57. The van der Waals surface area contributed by atoms with Crippen molar-refractivity contribution in [3.8, 4) is 0 Å². The van der Waals surface area contributed by atoms with Crippen LogP contribution in [0.4, 0.5) is 5.69 Å². The van der Waals surface area contributed by atoms with E-state index >= 15 is 0 Å². The van der Waals surface area contributed by atoms with Crippen molar-refractivity contribution < 1.29 is 18.1 Å². The maximum atomic E-state index is 13.0. The summed E-state index contributed by atoms with van der Waals surface area (Å²) < 4.78 is 27.3. The molecule has 3 rings (SSSR count). The molecule has 142 valence electrons. The zero-order chi connectivity index (χ0) is 18.9. The molecule has 0 aliphatic carbocycles. The first-order chi connectivity index (χ1) is 12.3. The van der Waals surface area contributed by atoms with E-state index < -0.39 is 14.9 Å². The number of piperazine rings is 1. The van der Waals surface area contributed by atoms with Gasteiger partial charge in [-0.3, -0.25) is 14.9 Å². The highest BCUT2D eigenvalue weighted by Gasteiger charge is 2.35. The zero-order valence-electron chi connectivity index (χ0n) is 14.6. The van der Waals surface area contributed by atoms with Crippen molar-refractivity contribution in [1.82, 2.24) is 14.5 Å². The molecule has 1 amide bonds. The summed E-state index contributed by atoms with van der Waals surface area (Å²) in [6.45, 7) is 3.66. The van der Waals surface area contributed by atoms with Crippen molar-refractivity contribution in [1.29, 1.82) is 0 Å². The van der Waals surface area contributed by atoms with Gasteiger partial charge in [-0.05, 0) is 25.8 Å². The van der Waals surface area contributed by atoms with Gasteiger partial charge in [-0.25, -0.2) is 8.42 Å². The van der Waals surface area contributed by atoms with E-state index in [2.05, 4.69) is 5.32 Å². The van der Waals surface area contributed by atoms with Crippen molar-refractivity contribution in [2.75, 3.05) is 32.7 Å². The van der Waals surface area contributed by atoms with Crippen LogP contribution in [-0.4, -0.2) is 67.2 Å². The fraction of sp³-hybridized carbons (Fsp3) is 0.562. The topological polar surface area (TPSA) is 113 Å². The van der Waals surface area contributed by atoms with E-state index in [-0.39, 0.29) is 35.6 Å². The number of nitro benzene ring substituents is 1. The van der Waals surface area contributed by atoms with Crippen LogP contribution in [0.3, 0.4) is 0 Å². The molecule has 1 aromatic rings. The normalized spacial score (nSPS) is 22.4. The van der Waals surface area contributed by atoms with E-state index in [1.54, 1.807) is 11.8 Å². The predicted molar refractivity (Wildman–Crippen MR) is 94.2 cm³/mol. The SMILES string of the molecule is Cc1ccc(S(=O)(=O)N2CCCC(N3CCNCC3=O)C2)cc1[N+](=O)[O-]. The Labute approximate surface area is 152 Å². The Bertz CT molecular complexity index is 826. The van der Waals surface area contributed by atoms with Gasteiger partial charge < -0.3 is 10.2 Å². The van der Waals surface area contributed by atoms with Gasteiger partial charge in [-0.1, -0.05) is 6.07 Å². The number of aryl methyl sites for hydroxylation is 1. The zero-order valence-corrected chi connectivity index (χ0v) is 15.4. The third-order valence-electron chi connectivity index (χ3n) is 4.94. The third-order valence-corrected chi connectivity index (χ3v) is 6.80. The first kappa shape index (κ1) is 18.7. The van der Waals surface area contributed by atoms with Crippen LogP contribution in [0.1, 0.15) is 18.4 Å². The smallest absolute Gasteiger partial charge is 0.273 e. The summed E-state index contributed by atoms with van der Waals surface area (Å²) in [5.74, 6) is -0.0218. The number of amides is 1. The highest BCUT2D eigenvalue weighted by atomic mass is 32.2. The van der Waals surface area contributed by atoms with Crippen molar-refractivity contribution in [2.45, 2.75) is 30.7 Å². The lowest BCUT2D eigenvalue weighted by Gasteiger charge is -2.40. The highest BCUT2D eigenvalue weighted by molar-refractivity contribution is 7.89. The van der Waals surface area contributed by atoms with Crippen LogP contribution < -0.4 is 5.32 Å². The summed E-state index contributed by atoms with van der Waals surface area (Å²) in [7, 11) is -3.85. The monoisotopic (exact) mass is 382 g/mol. The molecule has 9 nitrogen and oxygen atoms in total. The van der Waals surface area contributed by atoms with Gasteiger partial charge in [-0.15, -0.1) is 0 Å². The average molecular weight is 382 g/mol. The van der Waals surface area contributed by atoms with E-state index in [9.17, 15) is 23.3 Å². The number of sulfonamides is 1. The fourth-order valence-corrected chi connectivity index (χ4v) is 5.03. The number of carbonyl (C=O) groups excluding carboxylic acids is 1. The minimum atomic E-state index is -3.85. The number of nitro groups is 1. The van der Waals surface area contributed by atoms with Gasteiger partial charge in [0.2, 0.25) is 15.9 Å². The molecule has 2 heterocycles. The van der Waals surface area contributed by atoms with E-state index in [1.807, 2.05) is 0 Å². The molecule has 0 aromatic heterocycles. The number of hydrogen-bond acceptors (Lipinski definition) is 6. The molecular formula is C16H22N4O5S. The molecule has 1 N–H and O–H groups in total. The maximum absolute atomic E-state index is 13.0. The van der Waals surface area contributed by atoms with Gasteiger partial charge in [0.15, 0.2) is 0 Å². The van der Waals surface area contributed by atoms with Crippen molar-refractivity contribution >= 4 is 21.6 Å². The molecular weight excluding hydrogens is 360 g/mol. The molecule has 2 fully saturated rings. The Hall–Kier alpha value is -2.04. The number of carbonyl (C=O) groups is 1. The summed E-state index contributed by atoms with van der Waals surface area (Å²) in [6.07, 6.45) is 1.40. The number of rotatable bonds is 4. The van der Waals surface area contributed by atoms with Gasteiger partial charge in [0.1, 0.15) is 0 Å². The molecule has 26 heavy (non-hydrogen) atoms. The predicted octanol–water partition coefficient (Wildman–Crippen LogP) is 0.488. The lowest BCUT2D eigenvalue weighted by molar-refractivity contribution is -0.385. The second kappa shape index (κ2) is 7.29. The molecule has 0 spiro atoms. The molecule has 1 atom stereocenters. The molecule has 1 unspecified atom stereocenters. The molecule has 1 aromatic carbocycles. The Morgan fingerprint density at radius 2 is 2.08 bits per heavy atom. The van der Waals surface area contributed by atoms with E-state index in [0.717, 1.165) is 12.5 Å². The second-order valence-electron chi connectivity index (χ2n) is 6.63. The van der Waals surface area contributed by atoms with Gasteiger partial charge in [0.05, 0.1) is 16.4 Å². The van der Waals surface area contributed by atoms with Crippen LogP contribution in [0, 0.1) is 17.0 Å². The van der Waals surface area contributed by atoms with Crippen LogP contribution in [-0.2, 0) is 14.8 Å². The number of nitrogens with zero attached hydrogens (tertiary/aromatic N) is 3. The van der Waals surface area contributed by atoms with Gasteiger partial charge in [0.25, 0.3) is 5.69 Å². The van der Waals surface area contributed by atoms with E-state index in [0.29, 0.717) is 31.6 Å². The van der Waals surface area contributed by atoms with Gasteiger partial charge in [0, 0.05) is 43.9 Å². The first-order valence-electron chi connectivity index (χ1n) is 8.56. The molecule has 2 saturated heterocycles. The fourth-order valence-electron chi connectivity index (χ4n) is 3.50. The number of hydrogen-bond donors (Lipinski definition) is 1. The Balaban J connectivity index is 1.84. The van der Waals surface area contributed by atoms with Gasteiger partial charge >= 0.3 is 0 Å². The summed E-state index contributed by atoms with van der Waals surface area (Å²) in [4.78, 5) is 24.3. The molecule has 0 radical (unpaired) electrons.